The monoisotopic (exact) mass is 348 g/mol. The van der Waals surface area contributed by atoms with Crippen LogP contribution in [0.25, 0.3) is 11.1 Å². The fraction of sp³-hybridized carbons (Fsp3) is 0.182. The number of aromatic nitrogens is 1. The van der Waals surface area contributed by atoms with E-state index >= 15 is 0 Å². The van der Waals surface area contributed by atoms with Gasteiger partial charge in [-0.15, -0.1) is 0 Å². The minimum atomic E-state index is -0.145. The molecule has 1 heterocycles. The number of hydrogen-bond acceptors (Lipinski definition) is 3. The predicted octanol–water partition coefficient (Wildman–Crippen LogP) is 4.88. The maximum atomic E-state index is 12.6. The average molecular weight is 348 g/mol. The molecule has 0 radical (unpaired) electrons. The first-order valence-electron chi connectivity index (χ1n) is 8.12. The van der Waals surface area contributed by atoms with Crippen LogP contribution in [-0.4, -0.2) is 18.0 Å². The summed E-state index contributed by atoms with van der Waals surface area (Å²) in [6.45, 7) is 1.96. The van der Waals surface area contributed by atoms with Crippen molar-refractivity contribution < 1.29 is 9.53 Å². The van der Waals surface area contributed by atoms with Gasteiger partial charge < -0.3 is 10.1 Å². The Balaban J connectivity index is 0.00000243. The summed E-state index contributed by atoms with van der Waals surface area (Å²) in [5.41, 5.74) is 3.42. The normalized spacial score (nSPS) is 11.2. The lowest BCUT2D eigenvalue weighted by Gasteiger charge is -2.14. The quantitative estimate of drug-likeness (QED) is 0.714. The van der Waals surface area contributed by atoms with Crippen molar-refractivity contribution in [2.45, 2.75) is 20.4 Å². The van der Waals surface area contributed by atoms with E-state index in [-0.39, 0.29) is 19.4 Å². The Morgan fingerprint density at radius 2 is 1.77 bits per heavy atom. The highest BCUT2D eigenvalue weighted by molar-refractivity contribution is 5.95. The number of nitrogens with zero attached hydrogens (tertiary/aromatic N) is 1. The van der Waals surface area contributed by atoms with Gasteiger partial charge in [0.05, 0.1) is 18.7 Å². The number of carbonyl (C=O) groups excluding carboxylic acids is 1. The smallest absolute Gasteiger partial charge is 0.253 e. The number of carbonyl (C=O) groups is 1. The van der Waals surface area contributed by atoms with E-state index in [0.29, 0.717) is 5.56 Å². The third-order valence-electron chi connectivity index (χ3n) is 4.05. The molecule has 1 atom stereocenters. The van der Waals surface area contributed by atoms with Crippen LogP contribution in [0.5, 0.6) is 5.75 Å². The number of pyridine rings is 1. The highest BCUT2D eigenvalue weighted by Gasteiger charge is 2.12. The van der Waals surface area contributed by atoms with Crippen LogP contribution in [0.15, 0.2) is 73.1 Å². The first kappa shape index (κ1) is 19.2. The summed E-state index contributed by atoms with van der Waals surface area (Å²) in [5.74, 6) is 0.624. The Bertz CT molecular complexity index is 863. The van der Waals surface area contributed by atoms with Crippen LogP contribution in [-0.2, 0) is 0 Å². The van der Waals surface area contributed by atoms with E-state index in [1.165, 1.54) is 0 Å². The molecule has 0 aliphatic carbocycles. The van der Waals surface area contributed by atoms with Crippen molar-refractivity contribution >= 4 is 5.91 Å². The average Bonchev–Trinajstić information content (AvgIpc) is 2.68. The molecule has 0 aliphatic rings. The van der Waals surface area contributed by atoms with Gasteiger partial charge >= 0.3 is 0 Å². The lowest BCUT2D eigenvalue weighted by atomic mass is 10.0. The number of amides is 1. The number of rotatable bonds is 5. The molecule has 1 aromatic heterocycles. The van der Waals surface area contributed by atoms with Crippen molar-refractivity contribution in [3.05, 3.63) is 84.2 Å². The largest absolute Gasteiger partial charge is 0.497 e. The van der Waals surface area contributed by atoms with Crippen molar-refractivity contribution in [2.75, 3.05) is 7.11 Å². The number of methoxy groups -OCH3 is 1. The number of nitrogens with one attached hydrogen (secondary N) is 1. The molecule has 1 amide bonds. The van der Waals surface area contributed by atoms with Gasteiger partial charge in [-0.05, 0) is 36.2 Å². The lowest BCUT2D eigenvalue weighted by Crippen LogP contribution is -2.26. The summed E-state index contributed by atoms with van der Waals surface area (Å²) in [6.07, 6.45) is 3.32. The molecular formula is C22H24N2O2. The van der Waals surface area contributed by atoms with Gasteiger partial charge in [-0.1, -0.05) is 49.9 Å². The van der Waals surface area contributed by atoms with E-state index in [2.05, 4.69) is 10.3 Å². The zero-order valence-electron chi connectivity index (χ0n) is 14.3. The molecule has 0 spiro atoms. The molecule has 3 rings (SSSR count). The molecule has 0 fully saturated rings. The van der Waals surface area contributed by atoms with Crippen molar-refractivity contribution in [1.82, 2.24) is 10.3 Å². The van der Waals surface area contributed by atoms with E-state index in [4.69, 9.17) is 4.74 Å². The molecular weight excluding hydrogens is 324 g/mol. The van der Waals surface area contributed by atoms with Crippen LogP contribution in [0, 0.1) is 0 Å². The van der Waals surface area contributed by atoms with E-state index in [0.717, 1.165) is 22.4 Å². The van der Waals surface area contributed by atoms with Gasteiger partial charge in [-0.25, -0.2) is 0 Å². The van der Waals surface area contributed by atoms with Gasteiger partial charge in [-0.3, -0.25) is 9.78 Å². The Morgan fingerprint density at radius 1 is 1.00 bits per heavy atom. The van der Waals surface area contributed by atoms with Crippen LogP contribution in [0.4, 0.5) is 0 Å². The van der Waals surface area contributed by atoms with Gasteiger partial charge in [0.15, 0.2) is 0 Å². The van der Waals surface area contributed by atoms with Crippen molar-refractivity contribution in [2.24, 2.45) is 0 Å². The van der Waals surface area contributed by atoms with Crippen LogP contribution in [0.3, 0.4) is 0 Å². The third kappa shape index (κ3) is 4.48. The van der Waals surface area contributed by atoms with Gasteiger partial charge in [-0.2, -0.15) is 0 Å². The van der Waals surface area contributed by atoms with Gasteiger partial charge in [0, 0.05) is 18.0 Å². The molecule has 134 valence electrons. The molecule has 2 aromatic carbocycles. The predicted molar refractivity (Wildman–Crippen MR) is 105 cm³/mol. The van der Waals surface area contributed by atoms with Crippen LogP contribution < -0.4 is 10.1 Å². The van der Waals surface area contributed by atoms with Crippen LogP contribution in [0.2, 0.25) is 0 Å². The first-order chi connectivity index (χ1) is 12.2. The summed E-state index contributed by atoms with van der Waals surface area (Å²) in [7, 11) is 1.63. The van der Waals surface area contributed by atoms with E-state index in [9.17, 15) is 4.79 Å². The van der Waals surface area contributed by atoms with Crippen molar-refractivity contribution in [3.63, 3.8) is 0 Å². The topological polar surface area (TPSA) is 51.2 Å². The van der Waals surface area contributed by atoms with Crippen molar-refractivity contribution in [3.8, 4) is 16.9 Å². The Labute approximate surface area is 154 Å². The number of hydrogen-bond donors (Lipinski definition) is 1. The first-order valence-corrected chi connectivity index (χ1v) is 8.12. The fourth-order valence-corrected chi connectivity index (χ4v) is 2.63. The second-order valence-electron chi connectivity index (χ2n) is 5.80. The Morgan fingerprint density at radius 3 is 2.50 bits per heavy atom. The summed E-state index contributed by atoms with van der Waals surface area (Å²) >= 11 is 0. The SMILES string of the molecule is C.COc1cccc(-c2cncc(C(=O)N[C@@H](C)c3ccccc3)c2)c1. The zero-order chi connectivity index (χ0) is 17.6. The van der Waals surface area contributed by atoms with Crippen LogP contribution in [0.1, 0.15) is 36.3 Å². The zero-order valence-corrected chi connectivity index (χ0v) is 14.3. The van der Waals surface area contributed by atoms with Crippen LogP contribution >= 0.6 is 0 Å². The van der Waals surface area contributed by atoms with Gasteiger partial charge in [0.1, 0.15) is 5.75 Å². The summed E-state index contributed by atoms with van der Waals surface area (Å²) < 4.78 is 5.26. The molecule has 0 aliphatic heterocycles. The van der Waals surface area contributed by atoms with Crippen molar-refractivity contribution in [1.29, 1.82) is 0 Å². The summed E-state index contributed by atoms with van der Waals surface area (Å²) in [4.78, 5) is 16.8. The Kier molecular flexibility index (Phi) is 6.50. The molecule has 4 heteroatoms. The maximum absolute atomic E-state index is 12.6. The summed E-state index contributed by atoms with van der Waals surface area (Å²) in [5, 5.41) is 3.01. The maximum Gasteiger partial charge on any atom is 0.253 e. The second-order valence-corrected chi connectivity index (χ2v) is 5.80. The fourth-order valence-electron chi connectivity index (χ4n) is 2.63. The van der Waals surface area contributed by atoms with E-state index in [1.807, 2.05) is 67.6 Å². The second kappa shape index (κ2) is 8.81. The molecule has 0 saturated heterocycles. The molecule has 0 bridgehead atoms. The molecule has 0 saturated carbocycles. The molecule has 1 N–H and O–H groups in total. The number of ether oxygens (including phenoxy) is 1. The number of benzene rings is 2. The molecule has 0 unspecified atom stereocenters. The van der Waals surface area contributed by atoms with Gasteiger partial charge in [0.25, 0.3) is 5.91 Å². The highest BCUT2D eigenvalue weighted by Crippen LogP contribution is 2.24. The minimum absolute atomic E-state index is 0. The lowest BCUT2D eigenvalue weighted by molar-refractivity contribution is 0.0939. The summed E-state index contributed by atoms with van der Waals surface area (Å²) in [6, 6.07) is 19.3. The highest BCUT2D eigenvalue weighted by atomic mass is 16.5. The van der Waals surface area contributed by atoms with E-state index in [1.54, 1.807) is 19.5 Å². The Hall–Kier alpha value is -3.14. The third-order valence-corrected chi connectivity index (χ3v) is 4.05. The molecule has 26 heavy (non-hydrogen) atoms. The standard InChI is InChI=1S/C21H20N2O2.CH4/c1-15(16-7-4-3-5-8-16)23-21(24)19-11-18(13-22-14-19)17-9-6-10-20(12-17)25-2;/h3-15H,1-2H3,(H,23,24);1H4/t15-;/m0./s1. The van der Waals surface area contributed by atoms with Gasteiger partial charge in [0.2, 0.25) is 0 Å². The molecule has 4 nitrogen and oxygen atoms in total. The minimum Gasteiger partial charge on any atom is -0.497 e. The molecule has 3 aromatic rings. The van der Waals surface area contributed by atoms with E-state index < -0.39 is 0 Å².